The lowest BCUT2D eigenvalue weighted by atomic mass is 9.97. The minimum absolute atomic E-state index is 0.0985. The van der Waals surface area contributed by atoms with Gasteiger partial charge in [-0.3, -0.25) is 4.90 Å². The first-order chi connectivity index (χ1) is 13.9. The van der Waals surface area contributed by atoms with E-state index in [1.165, 1.54) is 37.3 Å². The van der Waals surface area contributed by atoms with E-state index in [9.17, 15) is 22.8 Å². The first kappa shape index (κ1) is 23.3. The maximum Gasteiger partial charge on any atom is 0.417 e. The van der Waals surface area contributed by atoms with Gasteiger partial charge in [-0.05, 0) is 45.4 Å². The Labute approximate surface area is 173 Å². The number of hydrogen-bond donors (Lipinski definition) is 0. The number of halogens is 3. The summed E-state index contributed by atoms with van der Waals surface area (Å²) in [6.07, 6.45) is -5.48. The normalized spacial score (nSPS) is 12.8. The maximum absolute atomic E-state index is 13.6. The highest BCUT2D eigenvalue weighted by Gasteiger charge is 2.37. The second kappa shape index (κ2) is 8.77. The molecule has 2 rings (SSSR count). The molecule has 1 amide bonds. The first-order valence-corrected chi connectivity index (χ1v) is 9.22. The van der Waals surface area contributed by atoms with Crippen LogP contribution in [-0.4, -0.2) is 30.8 Å². The molecule has 2 aromatic rings. The summed E-state index contributed by atoms with van der Waals surface area (Å²) in [5.41, 5.74) is -1.63. The fourth-order valence-electron chi connectivity index (χ4n) is 2.93. The highest BCUT2D eigenvalue weighted by molar-refractivity contribution is 5.99. The predicted molar refractivity (Wildman–Crippen MR) is 107 cm³/mol. The van der Waals surface area contributed by atoms with E-state index in [0.29, 0.717) is 0 Å². The van der Waals surface area contributed by atoms with Gasteiger partial charge >= 0.3 is 18.2 Å². The summed E-state index contributed by atoms with van der Waals surface area (Å²) in [6.45, 7) is 6.37. The van der Waals surface area contributed by atoms with Crippen LogP contribution >= 0.6 is 0 Å². The molecule has 0 saturated carbocycles. The molecule has 0 radical (unpaired) electrons. The second-order valence-corrected chi connectivity index (χ2v) is 7.61. The van der Waals surface area contributed by atoms with E-state index >= 15 is 0 Å². The summed E-state index contributed by atoms with van der Waals surface area (Å²) in [4.78, 5) is 26.2. The number of hydrogen-bond acceptors (Lipinski definition) is 4. The minimum atomic E-state index is -4.60. The van der Waals surface area contributed by atoms with Crippen LogP contribution in [0.4, 0.5) is 23.7 Å². The number of nitrogens with zero attached hydrogens (tertiary/aromatic N) is 1. The van der Waals surface area contributed by atoms with Gasteiger partial charge in [0.15, 0.2) is 0 Å². The van der Waals surface area contributed by atoms with Crippen LogP contribution in [-0.2, 0) is 20.4 Å². The molecule has 0 unspecified atom stereocenters. The summed E-state index contributed by atoms with van der Waals surface area (Å²) in [5.74, 6) is -0.736. The minimum Gasteiger partial charge on any atom is -0.467 e. The number of anilines is 1. The van der Waals surface area contributed by atoms with E-state index in [1.54, 1.807) is 32.9 Å². The third-order valence-electron chi connectivity index (χ3n) is 4.21. The van der Waals surface area contributed by atoms with Crippen LogP contribution in [0.1, 0.15) is 33.3 Å². The van der Waals surface area contributed by atoms with Crippen molar-refractivity contribution < 1.29 is 32.2 Å². The van der Waals surface area contributed by atoms with Crippen molar-refractivity contribution in [3.63, 3.8) is 0 Å². The van der Waals surface area contributed by atoms with E-state index in [0.717, 1.165) is 18.1 Å². The lowest BCUT2D eigenvalue weighted by Crippen LogP contribution is -2.46. The molecule has 162 valence electrons. The third-order valence-corrected chi connectivity index (χ3v) is 4.21. The largest absolute Gasteiger partial charge is 0.467 e. The number of carbonyl (C=O) groups excluding carboxylic acids is 2. The average Bonchev–Trinajstić information content (AvgIpc) is 2.65. The number of benzene rings is 2. The average molecular weight is 423 g/mol. The van der Waals surface area contributed by atoms with Crippen molar-refractivity contribution in [1.82, 2.24) is 0 Å². The van der Waals surface area contributed by atoms with Crippen molar-refractivity contribution in [1.29, 1.82) is 0 Å². The number of rotatable bonds is 4. The molecule has 0 N–H and O–H groups in total. The lowest BCUT2D eigenvalue weighted by Gasteiger charge is -2.32. The summed E-state index contributed by atoms with van der Waals surface area (Å²) < 4.78 is 51.0. The van der Waals surface area contributed by atoms with Gasteiger partial charge in [0.1, 0.15) is 11.6 Å². The molecule has 1 atom stereocenters. The van der Waals surface area contributed by atoms with Crippen LogP contribution < -0.4 is 4.90 Å². The van der Waals surface area contributed by atoms with E-state index in [2.05, 4.69) is 0 Å². The Morgan fingerprint density at radius 2 is 1.47 bits per heavy atom. The molecule has 0 aliphatic carbocycles. The van der Waals surface area contributed by atoms with Crippen LogP contribution in [0.3, 0.4) is 0 Å². The van der Waals surface area contributed by atoms with Crippen molar-refractivity contribution in [2.45, 2.75) is 45.5 Å². The highest BCUT2D eigenvalue weighted by Crippen LogP contribution is 2.41. The van der Waals surface area contributed by atoms with Crippen molar-refractivity contribution in [2.75, 3.05) is 12.0 Å². The Morgan fingerprint density at radius 1 is 0.933 bits per heavy atom. The van der Waals surface area contributed by atoms with Gasteiger partial charge in [-0.25, -0.2) is 9.59 Å². The van der Waals surface area contributed by atoms with Crippen LogP contribution in [0.2, 0.25) is 0 Å². The van der Waals surface area contributed by atoms with E-state index in [1.807, 2.05) is 0 Å². The maximum atomic E-state index is 13.6. The third kappa shape index (κ3) is 5.31. The number of para-hydroxylation sites is 1. The smallest absolute Gasteiger partial charge is 0.417 e. The number of carbonyl (C=O) groups is 2. The standard InChI is InChI=1S/C22H24F3NO4/c1-14(19(27)29-5)26(20(28)30-21(2,3)4)18-13-9-7-11-16(18)15-10-6-8-12-17(15)22(23,24)25/h6-14H,1-5H3/t14-/m0/s1. The molecule has 0 aromatic heterocycles. The summed E-state index contributed by atoms with van der Waals surface area (Å²) in [6, 6.07) is 9.96. The van der Waals surface area contributed by atoms with Crippen molar-refractivity contribution >= 4 is 17.7 Å². The fraction of sp³-hybridized carbons (Fsp3) is 0.364. The Morgan fingerprint density at radius 3 is 2.00 bits per heavy atom. The molecule has 0 spiro atoms. The van der Waals surface area contributed by atoms with Gasteiger partial charge in [-0.15, -0.1) is 0 Å². The number of amides is 1. The first-order valence-electron chi connectivity index (χ1n) is 9.22. The van der Waals surface area contributed by atoms with Gasteiger partial charge < -0.3 is 9.47 Å². The topological polar surface area (TPSA) is 55.8 Å². The van der Waals surface area contributed by atoms with Gasteiger partial charge in [0.2, 0.25) is 0 Å². The van der Waals surface area contributed by atoms with E-state index < -0.39 is 35.4 Å². The number of alkyl halides is 3. The van der Waals surface area contributed by atoms with Crippen molar-refractivity contribution in [3.05, 3.63) is 54.1 Å². The molecule has 0 fully saturated rings. The molecule has 0 aliphatic heterocycles. The van der Waals surface area contributed by atoms with Crippen LogP contribution in [0.25, 0.3) is 11.1 Å². The number of methoxy groups -OCH3 is 1. The van der Waals surface area contributed by atoms with Gasteiger partial charge in [0.25, 0.3) is 0 Å². The molecule has 30 heavy (non-hydrogen) atoms. The van der Waals surface area contributed by atoms with Crippen LogP contribution in [0.5, 0.6) is 0 Å². The van der Waals surface area contributed by atoms with Crippen molar-refractivity contribution in [3.8, 4) is 11.1 Å². The van der Waals surface area contributed by atoms with Crippen LogP contribution in [0, 0.1) is 0 Å². The zero-order valence-corrected chi connectivity index (χ0v) is 17.4. The van der Waals surface area contributed by atoms with Crippen LogP contribution in [0.15, 0.2) is 48.5 Å². The summed E-state index contributed by atoms with van der Waals surface area (Å²) >= 11 is 0. The van der Waals surface area contributed by atoms with E-state index in [-0.39, 0.29) is 16.8 Å². The Kier molecular flexibility index (Phi) is 6.80. The molecule has 5 nitrogen and oxygen atoms in total. The Balaban J connectivity index is 2.71. The molecule has 0 aliphatic rings. The van der Waals surface area contributed by atoms with Crippen molar-refractivity contribution in [2.24, 2.45) is 0 Å². The molecular weight excluding hydrogens is 399 g/mol. The molecule has 0 heterocycles. The SMILES string of the molecule is COC(=O)[C@H](C)N(C(=O)OC(C)(C)C)c1ccccc1-c1ccccc1C(F)(F)F. The fourth-order valence-corrected chi connectivity index (χ4v) is 2.93. The zero-order valence-electron chi connectivity index (χ0n) is 17.4. The molecule has 2 aromatic carbocycles. The predicted octanol–water partition coefficient (Wildman–Crippen LogP) is 5.68. The number of ether oxygens (including phenoxy) is 2. The summed E-state index contributed by atoms with van der Waals surface area (Å²) in [7, 11) is 1.16. The van der Waals surface area contributed by atoms with E-state index in [4.69, 9.17) is 9.47 Å². The van der Waals surface area contributed by atoms with Gasteiger partial charge in [-0.1, -0.05) is 36.4 Å². The molecule has 0 bridgehead atoms. The summed E-state index contributed by atoms with van der Waals surface area (Å²) in [5, 5.41) is 0. The quantitative estimate of drug-likeness (QED) is 0.594. The Hall–Kier alpha value is -3.03. The number of esters is 1. The highest BCUT2D eigenvalue weighted by atomic mass is 19.4. The molecule has 8 heteroatoms. The second-order valence-electron chi connectivity index (χ2n) is 7.61. The Bertz CT molecular complexity index is 919. The van der Waals surface area contributed by atoms with Gasteiger partial charge in [0.05, 0.1) is 18.4 Å². The van der Waals surface area contributed by atoms with Gasteiger partial charge in [-0.2, -0.15) is 13.2 Å². The molecular formula is C22H24F3NO4. The molecule has 0 saturated heterocycles. The monoisotopic (exact) mass is 423 g/mol. The van der Waals surface area contributed by atoms with Gasteiger partial charge in [0, 0.05) is 5.56 Å². The zero-order chi connectivity index (χ0) is 22.7. The lowest BCUT2D eigenvalue weighted by molar-refractivity contribution is -0.142.